The summed E-state index contributed by atoms with van der Waals surface area (Å²) in [7, 11) is 0. The van der Waals surface area contributed by atoms with Crippen molar-refractivity contribution in [3.63, 3.8) is 0 Å². The molecule has 1 aromatic carbocycles. The zero-order valence-corrected chi connectivity index (χ0v) is 12.3. The molecule has 92 valence electrons. The smallest absolute Gasteiger partial charge is 0.178 e. The first kappa shape index (κ1) is 12.9. The van der Waals surface area contributed by atoms with Gasteiger partial charge in [-0.1, -0.05) is 30.1 Å². The van der Waals surface area contributed by atoms with Crippen LogP contribution in [-0.4, -0.2) is 9.55 Å². The molecule has 2 nitrogen and oxygen atoms in total. The standard InChI is InChI=1S/C12H14Cl2N2S/c1-4-12(2,3)16-10-6-8(14)7(13)5-9(10)15-11(16)17/h5-6H,4H2,1-3H3,(H,15,17). The van der Waals surface area contributed by atoms with E-state index in [4.69, 9.17) is 35.4 Å². The van der Waals surface area contributed by atoms with E-state index in [0.717, 1.165) is 17.5 Å². The third kappa shape index (κ3) is 2.12. The molecule has 0 amide bonds. The van der Waals surface area contributed by atoms with Gasteiger partial charge in [-0.05, 0) is 44.6 Å². The molecule has 0 radical (unpaired) electrons. The second-order valence-electron chi connectivity index (χ2n) is 4.72. The van der Waals surface area contributed by atoms with Crippen molar-refractivity contribution in [2.24, 2.45) is 0 Å². The van der Waals surface area contributed by atoms with Gasteiger partial charge in [0.05, 0.1) is 21.1 Å². The number of benzene rings is 1. The predicted molar refractivity (Wildman–Crippen MR) is 76.8 cm³/mol. The maximum Gasteiger partial charge on any atom is 0.178 e. The highest BCUT2D eigenvalue weighted by atomic mass is 35.5. The fourth-order valence-electron chi connectivity index (χ4n) is 1.86. The van der Waals surface area contributed by atoms with E-state index in [1.807, 2.05) is 12.1 Å². The molecule has 0 saturated carbocycles. The molecular weight excluding hydrogens is 275 g/mol. The fourth-order valence-corrected chi connectivity index (χ4v) is 2.64. The van der Waals surface area contributed by atoms with Crippen LogP contribution >= 0.6 is 35.4 Å². The highest BCUT2D eigenvalue weighted by molar-refractivity contribution is 7.71. The van der Waals surface area contributed by atoms with Crippen LogP contribution in [0.5, 0.6) is 0 Å². The number of imidazole rings is 1. The second-order valence-corrected chi connectivity index (χ2v) is 5.92. The van der Waals surface area contributed by atoms with Crippen LogP contribution in [-0.2, 0) is 5.54 Å². The summed E-state index contributed by atoms with van der Waals surface area (Å²) in [6.45, 7) is 6.44. The number of hydrogen-bond donors (Lipinski definition) is 1. The SMILES string of the molecule is CCC(C)(C)n1c(=S)[nH]c2cc(Cl)c(Cl)cc21. The van der Waals surface area contributed by atoms with Gasteiger partial charge in [0.1, 0.15) is 0 Å². The Bertz CT molecular complexity index is 625. The third-order valence-electron chi connectivity index (χ3n) is 3.19. The lowest BCUT2D eigenvalue weighted by molar-refractivity contribution is 0.348. The quantitative estimate of drug-likeness (QED) is 0.758. The lowest BCUT2D eigenvalue weighted by Crippen LogP contribution is -2.25. The van der Waals surface area contributed by atoms with Gasteiger partial charge in [-0.3, -0.25) is 0 Å². The van der Waals surface area contributed by atoms with Crippen LogP contribution in [0.2, 0.25) is 10.0 Å². The van der Waals surface area contributed by atoms with Crippen molar-refractivity contribution >= 4 is 46.5 Å². The predicted octanol–water partition coefficient (Wildman–Crippen LogP) is 5.15. The highest BCUT2D eigenvalue weighted by Crippen LogP contribution is 2.31. The largest absolute Gasteiger partial charge is 0.331 e. The number of fused-ring (bicyclic) bond motifs is 1. The maximum absolute atomic E-state index is 6.07. The summed E-state index contributed by atoms with van der Waals surface area (Å²) >= 11 is 17.4. The zero-order chi connectivity index (χ0) is 12.8. The number of rotatable bonds is 2. The van der Waals surface area contributed by atoms with E-state index in [0.29, 0.717) is 14.8 Å². The number of H-pyrrole nitrogens is 1. The van der Waals surface area contributed by atoms with Crippen molar-refractivity contribution < 1.29 is 0 Å². The topological polar surface area (TPSA) is 20.7 Å². The molecule has 2 aromatic rings. The monoisotopic (exact) mass is 288 g/mol. The molecule has 1 N–H and O–H groups in total. The van der Waals surface area contributed by atoms with Crippen LogP contribution in [0.4, 0.5) is 0 Å². The minimum Gasteiger partial charge on any atom is -0.331 e. The number of aromatic amines is 1. The molecule has 5 heteroatoms. The minimum atomic E-state index is -0.0491. The number of aromatic nitrogens is 2. The van der Waals surface area contributed by atoms with Crippen LogP contribution in [0.3, 0.4) is 0 Å². The van der Waals surface area contributed by atoms with E-state index >= 15 is 0 Å². The zero-order valence-electron chi connectivity index (χ0n) is 9.97. The first-order valence-corrected chi connectivity index (χ1v) is 6.63. The molecule has 0 spiro atoms. The molecule has 0 bridgehead atoms. The van der Waals surface area contributed by atoms with Gasteiger partial charge in [0.15, 0.2) is 4.77 Å². The molecule has 0 saturated heterocycles. The van der Waals surface area contributed by atoms with E-state index in [1.165, 1.54) is 0 Å². The first-order valence-electron chi connectivity index (χ1n) is 5.47. The molecule has 1 aromatic heterocycles. The Kier molecular flexibility index (Phi) is 3.27. The number of halogens is 2. The van der Waals surface area contributed by atoms with Gasteiger partial charge in [-0.15, -0.1) is 0 Å². The fraction of sp³-hybridized carbons (Fsp3) is 0.417. The van der Waals surface area contributed by atoms with Crippen molar-refractivity contribution in [3.05, 3.63) is 26.9 Å². The van der Waals surface area contributed by atoms with Crippen LogP contribution in [0, 0.1) is 4.77 Å². The Morgan fingerprint density at radius 2 is 1.88 bits per heavy atom. The summed E-state index contributed by atoms with van der Waals surface area (Å²) in [6, 6.07) is 3.68. The number of hydrogen-bond acceptors (Lipinski definition) is 1. The molecule has 0 aliphatic carbocycles. The first-order chi connectivity index (χ1) is 7.86. The van der Waals surface area contributed by atoms with Crippen LogP contribution in [0.1, 0.15) is 27.2 Å². The van der Waals surface area contributed by atoms with E-state index in [-0.39, 0.29) is 5.54 Å². The summed E-state index contributed by atoms with van der Waals surface area (Å²) in [4.78, 5) is 3.17. The Balaban J connectivity index is 2.85. The van der Waals surface area contributed by atoms with Gasteiger partial charge in [0.25, 0.3) is 0 Å². The number of nitrogens with zero attached hydrogens (tertiary/aromatic N) is 1. The molecule has 0 aliphatic heterocycles. The highest BCUT2D eigenvalue weighted by Gasteiger charge is 2.21. The normalized spacial score (nSPS) is 12.3. The molecule has 0 fully saturated rings. The maximum atomic E-state index is 6.07. The Labute approximate surface area is 116 Å². The van der Waals surface area contributed by atoms with E-state index in [2.05, 4.69) is 30.3 Å². The summed E-state index contributed by atoms with van der Waals surface area (Å²) in [6.07, 6.45) is 0.981. The van der Waals surface area contributed by atoms with Crippen LogP contribution < -0.4 is 0 Å². The van der Waals surface area contributed by atoms with Gasteiger partial charge in [-0.25, -0.2) is 0 Å². The molecule has 0 atom stereocenters. The summed E-state index contributed by atoms with van der Waals surface area (Å²) < 4.78 is 2.80. The molecule has 1 heterocycles. The van der Waals surface area contributed by atoms with Gasteiger partial charge in [0.2, 0.25) is 0 Å². The van der Waals surface area contributed by atoms with Crippen LogP contribution in [0.15, 0.2) is 12.1 Å². The molecule has 17 heavy (non-hydrogen) atoms. The van der Waals surface area contributed by atoms with Gasteiger partial charge in [0, 0.05) is 5.54 Å². The van der Waals surface area contributed by atoms with Gasteiger partial charge >= 0.3 is 0 Å². The Morgan fingerprint density at radius 1 is 1.29 bits per heavy atom. The lowest BCUT2D eigenvalue weighted by atomic mass is 10.0. The average Bonchev–Trinajstić information content (AvgIpc) is 2.55. The lowest BCUT2D eigenvalue weighted by Gasteiger charge is -2.25. The summed E-state index contributed by atoms with van der Waals surface area (Å²) in [5.74, 6) is 0. The summed E-state index contributed by atoms with van der Waals surface area (Å²) in [5, 5.41) is 1.09. The average molecular weight is 289 g/mol. The molecule has 0 unspecified atom stereocenters. The second kappa shape index (κ2) is 4.30. The molecular formula is C12H14Cl2N2S. The minimum absolute atomic E-state index is 0.0491. The van der Waals surface area contributed by atoms with E-state index in [1.54, 1.807) is 0 Å². The van der Waals surface area contributed by atoms with Crippen molar-refractivity contribution in [2.75, 3.05) is 0 Å². The van der Waals surface area contributed by atoms with Crippen molar-refractivity contribution in [2.45, 2.75) is 32.7 Å². The van der Waals surface area contributed by atoms with Crippen LogP contribution in [0.25, 0.3) is 11.0 Å². The van der Waals surface area contributed by atoms with Gasteiger partial charge in [-0.2, -0.15) is 0 Å². The molecule has 0 aliphatic rings. The number of nitrogens with one attached hydrogen (secondary N) is 1. The van der Waals surface area contributed by atoms with E-state index < -0.39 is 0 Å². The van der Waals surface area contributed by atoms with Crippen molar-refractivity contribution in [3.8, 4) is 0 Å². The van der Waals surface area contributed by atoms with Crippen molar-refractivity contribution in [1.82, 2.24) is 9.55 Å². The van der Waals surface area contributed by atoms with Crippen molar-refractivity contribution in [1.29, 1.82) is 0 Å². The van der Waals surface area contributed by atoms with Gasteiger partial charge < -0.3 is 9.55 Å². The molecule has 2 rings (SSSR count). The Morgan fingerprint density at radius 3 is 2.47 bits per heavy atom. The third-order valence-corrected chi connectivity index (χ3v) is 4.20. The summed E-state index contributed by atoms with van der Waals surface area (Å²) in [5.41, 5.74) is 1.87. The van der Waals surface area contributed by atoms with E-state index in [9.17, 15) is 0 Å². The Hall–Kier alpha value is -0.510.